The van der Waals surface area contributed by atoms with Gasteiger partial charge in [0.1, 0.15) is 0 Å². The molecule has 2 aromatic rings. The van der Waals surface area contributed by atoms with Crippen LogP contribution in [0.25, 0.3) is 0 Å². The van der Waals surface area contributed by atoms with Gasteiger partial charge in [-0.05, 0) is 30.9 Å². The average Bonchev–Trinajstić information content (AvgIpc) is 2.62. The number of hydrogen-bond donors (Lipinski definition) is 1. The quantitative estimate of drug-likeness (QED) is 0.437. The zero-order valence-electron chi connectivity index (χ0n) is 14.6. The Kier molecular flexibility index (Phi) is 6.11. The minimum atomic E-state index is -0.521. The molecule has 0 aliphatic heterocycles. The summed E-state index contributed by atoms with van der Waals surface area (Å²) in [5.74, 6) is 0.261. The molecule has 0 aliphatic rings. The van der Waals surface area contributed by atoms with Crippen molar-refractivity contribution in [1.29, 1.82) is 0 Å². The van der Waals surface area contributed by atoms with E-state index >= 15 is 0 Å². The maximum atomic E-state index is 11.1. The fraction of sp³-hybridized carbons (Fsp3) is 0.316. The number of para-hydroxylation sites is 1. The molecular formula is C19H22N2O4. The number of phenolic OH excluding ortho intramolecular Hbond substituents is 1. The lowest BCUT2D eigenvalue weighted by atomic mass is 9.97. The molecule has 1 atom stereocenters. The van der Waals surface area contributed by atoms with E-state index in [-0.39, 0.29) is 22.7 Å². The number of nitro groups is 1. The van der Waals surface area contributed by atoms with Crippen molar-refractivity contribution in [3.63, 3.8) is 0 Å². The van der Waals surface area contributed by atoms with Crippen molar-refractivity contribution in [2.45, 2.75) is 33.1 Å². The highest BCUT2D eigenvalue weighted by molar-refractivity contribution is 5.88. The second-order valence-corrected chi connectivity index (χ2v) is 5.70. The molecular weight excluding hydrogens is 320 g/mol. The molecule has 0 aliphatic carbocycles. The van der Waals surface area contributed by atoms with Crippen molar-refractivity contribution < 1.29 is 14.8 Å². The SMILES string of the molecule is CCOc1cc([N+](=O)[O-])cc(C=Nc2ccccc2[C@H](C)CC)c1O. The van der Waals surface area contributed by atoms with E-state index in [1.54, 1.807) is 6.92 Å². The molecule has 2 aromatic carbocycles. The summed E-state index contributed by atoms with van der Waals surface area (Å²) in [7, 11) is 0. The summed E-state index contributed by atoms with van der Waals surface area (Å²) in [6.07, 6.45) is 2.41. The van der Waals surface area contributed by atoms with Crippen LogP contribution >= 0.6 is 0 Å². The third kappa shape index (κ3) is 4.35. The first kappa shape index (κ1) is 18.4. The summed E-state index contributed by atoms with van der Waals surface area (Å²) in [4.78, 5) is 15.0. The normalized spacial score (nSPS) is 12.3. The van der Waals surface area contributed by atoms with Crippen molar-refractivity contribution in [1.82, 2.24) is 0 Å². The van der Waals surface area contributed by atoms with Gasteiger partial charge in [0.2, 0.25) is 0 Å². The Hall–Kier alpha value is -2.89. The number of hydrogen-bond acceptors (Lipinski definition) is 5. The molecule has 0 bridgehead atoms. The third-order valence-electron chi connectivity index (χ3n) is 4.02. The lowest BCUT2D eigenvalue weighted by Gasteiger charge is -2.12. The van der Waals surface area contributed by atoms with E-state index in [1.165, 1.54) is 18.3 Å². The second kappa shape index (κ2) is 8.28. The number of benzene rings is 2. The van der Waals surface area contributed by atoms with Crippen LogP contribution < -0.4 is 4.74 Å². The smallest absolute Gasteiger partial charge is 0.274 e. The van der Waals surface area contributed by atoms with Crippen molar-refractivity contribution >= 4 is 17.6 Å². The highest BCUT2D eigenvalue weighted by Crippen LogP contribution is 2.35. The van der Waals surface area contributed by atoms with Gasteiger partial charge in [-0.25, -0.2) is 0 Å². The molecule has 6 heteroatoms. The molecule has 0 unspecified atom stereocenters. The molecule has 0 radical (unpaired) electrons. The summed E-state index contributed by atoms with van der Waals surface area (Å²) in [5, 5.41) is 21.4. The molecule has 0 heterocycles. The fourth-order valence-corrected chi connectivity index (χ4v) is 2.46. The van der Waals surface area contributed by atoms with Gasteiger partial charge < -0.3 is 9.84 Å². The molecule has 1 N–H and O–H groups in total. The number of non-ortho nitro benzene ring substituents is 1. The third-order valence-corrected chi connectivity index (χ3v) is 4.02. The zero-order chi connectivity index (χ0) is 18.4. The molecule has 25 heavy (non-hydrogen) atoms. The summed E-state index contributed by atoms with van der Waals surface area (Å²) < 4.78 is 5.28. The van der Waals surface area contributed by atoms with Gasteiger partial charge in [0.15, 0.2) is 11.5 Å². The molecule has 2 rings (SSSR count). The number of ether oxygens (including phenoxy) is 1. The largest absolute Gasteiger partial charge is 0.504 e. The molecule has 0 fully saturated rings. The molecule has 0 amide bonds. The lowest BCUT2D eigenvalue weighted by Crippen LogP contribution is -1.97. The Morgan fingerprint density at radius 2 is 2.04 bits per heavy atom. The van der Waals surface area contributed by atoms with E-state index in [4.69, 9.17) is 4.74 Å². The van der Waals surface area contributed by atoms with Gasteiger partial charge in [0, 0.05) is 17.8 Å². The van der Waals surface area contributed by atoms with Crippen LogP contribution in [0.3, 0.4) is 0 Å². The number of phenols is 1. The molecule has 0 aromatic heterocycles. The minimum Gasteiger partial charge on any atom is -0.504 e. The Morgan fingerprint density at radius 1 is 1.32 bits per heavy atom. The average molecular weight is 342 g/mol. The standard InChI is InChI=1S/C19H22N2O4/c1-4-13(3)16-8-6-7-9-17(16)20-12-14-10-15(21(23)24)11-18(19(14)22)25-5-2/h6-13,22H,4-5H2,1-3H3/t13-/m1/s1. The van der Waals surface area contributed by atoms with Crippen LogP contribution in [0.15, 0.2) is 41.4 Å². The Balaban J connectivity index is 2.46. The number of nitrogens with zero attached hydrogens (tertiary/aromatic N) is 2. The van der Waals surface area contributed by atoms with Crippen LogP contribution in [-0.2, 0) is 0 Å². The number of aliphatic imine (C=N–C) groups is 1. The minimum absolute atomic E-state index is 0.0772. The molecule has 0 spiro atoms. The second-order valence-electron chi connectivity index (χ2n) is 5.70. The zero-order valence-corrected chi connectivity index (χ0v) is 14.6. The van der Waals surface area contributed by atoms with Crippen LogP contribution in [0.5, 0.6) is 11.5 Å². The Morgan fingerprint density at radius 3 is 2.68 bits per heavy atom. The van der Waals surface area contributed by atoms with Gasteiger partial charge in [-0.2, -0.15) is 0 Å². The Labute approximate surface area is 146 Å². The highest BCUT2D eigenvalue weighted by atomic mass is 16.6. The maximum absolute atomic E-state index is 11.1. The highest BCUT2D eigenvalue weighted by Gasteiger charge is 2.16. The topological polar surface area (TPSA) is 85.0 Å². The van der Waals surface area contributed by atoms with Crippen LogP contribution in [0.1, 0.15) is 44.2 Å². The van der Waals surface area contributed by atoms with E-state index in [9.17, 15) is 15.2 Å². The maximum Gasteiger partial charge on any atom is 0.274 e. The van der Waals surface area contributed by atoms with Crippen LogP contribution in [0.4, 0.5) is 11.4 Å². The van der Waals surface area contributed by atoms with E-state index in [1.807, 2.05) is 24.3 Å². The molecule has 132 valence electrons. The van der Waals surface area contributed by atoms with Gasteiger partial charge in [-0.1, -0.05) is 32.0 Å². The van der Waals surface area contributed by atoms with Crippen molar-refractivity contribution in [3.8, 4) is 11.5 Å². The van der Waals surface area contributed by atoms with E-state index in [0.717, 1.165) is 17.7 Å². The Bertz CT molecular complexity index is 787. The fourth-order valence-electron chi connectivity index (χ4n) is 2.46. The predicted octanol–water partition coefficient (Wildman–Crippen LogP) is 4.96. The molecule has 0 saturated carbocycles. The number of nitro benzene ring substituents is 1. The molecule has 0 saturated heterocycles. The molecule has 6 nitrogen and oxygen atoms in total. The van der Waals surface area contributed by atoms with E-state index in [2.05, 4.69) is 18.8 Å². The van der Waals surface area contributed by atoms with E-state index < -0.39 is 4.92 Å². The van der Waals surface area contributed by atoms with Crippen molar-refractivity contribution in [2.24, 2.45) is 4.99 Å². The van der Waals surface area contributed by atoms with Crippen LogP contribution in [0, 0.1) is 10.1 Å². The summed E-state index contributed by atoms with van der Waals surface area (Å²) >= 11 is 0. The van der Waals surface area contributed by atoms with Gasteiger partial charge in [-0.15, -0.1) is 0 Å². The monoisotopic (exact) mass is 342 g/mol. The first-order valence-electron chi connectivity index (χ1n) is 8.25. The summed E-state index contributed by atoms with van der Waals surface area (Å²) in [6.45, 7) is 6.26. The van der Waals surface area contributed by atoms with Gasteiger partial charge >= 0.3 is 0 Å². The first-order valence-corrected chi connectivity index (χ1v) is 8.25. The summed E-state index contributed by atoms with van der Waals surface area (Å²) in [5.41, 5.74) is 1.96. The first-order chi connectivity index (χ1) is 12.0. The van der Waals surface area contributed by atoms with Crippen LogP contribution in [0.2, 0.25) is 0 Å². The van der Waals surface area contributed by atoms with Gasteiger partial charge in [0.05, 0.1) is 23.3 Å². The van der Waals surface area contributed by atoms with Gasteiger partial charge in [0.25, 0.3) is 5.69 Å². The van der Waals surface area contributed by atoms with Crippen LogP contribution in [-0.4, -0.2) is 22.9 Å². The number of aromatic hydroxyl groups is 1. The van der Waals surface area contributed by atoms with Crippen molar-refractivity contribution in [3.05, 3.63) is 57.6 Å². The van der Waals surface area contributed by atoms with Crippen molar-refractivity contribution in [2.75, 3.05) is 6.61 Å². The van der Waals surface area contributed by atoms with Gasteiger partial charge in [-0.3, -0.25) is 15.1 Å². The number of rotatable bonds is 7. The lowest BCUT2D eigenvalue weighted by molar-refractivity contribution is -0.385. The summed E-state index contributed by atoms with van der Waals surface area (Å²) in [6, 6.07) is 10.2. The predicted molar refractivity (Wildman–Crippen MR) is 98.3 cm³/mol. The van der Waals surface area contributed by atoms with E-state index in [0.29, 0.717) is 12.5 Å².